The second-order valence-corrected chi connectivity index (χ2v) is 7.03. The summed E-state index contributed by atoms with van der Waals surface area (Å²) in [5.41, 5.74) is 3.91. The first-order chi connectivity index (χ1) is 9.06. The van der Waals surface area contributed by atoms with Gasteiger partial charge >= 0.3 is 0 Å². The Kier molecular flexibility index (Phi) is 3.61. The average Bonchev–Trinajstić information content (AvgIpc) is 2.76. The molecule has 0 aromatic rings. The Bertz CT molecular complexity index is 460. The third kappa shape index (κ3) is 2.43. The monoisotopic (exact) mass is 278 g/mol. The summed E-state index contributed by atoms with van der Waals surface area (Å²) in [6.07, 6.45) is 11.4. The summed E-state index contributed by atoms with van der Waals surface area (Å²) in [7, 11) is 0. The molecule has 3 aliphatic carbocycles. The summed E-state index contributed by atoms with van der Waals surface area (Å²) in [5.74, 6) is 1.61. The van der Waals surface area contributed by atoms with Crippen LogP contribution in [0.15, 0.2) is 34.9 Å². The Morgan fingerprint density at radius 2 is 2.00 bits per heavy atom. The van der Waals surface area contributed by atoms with Crippen LogP contribution in [-0.4, -0.2) is 16.6 Å². The molecule has 1 N–H and O–H groups in total. The molecular weight excluding hydrogens is 256 g/mol. The molecule has 3 aliphatic rings. The van der Waals surface area contributed by atoms with Crippen molar-refractivity contribution in [2.45, 2.75) is 51.0 Å². The maximum Gasteiger partial charge on any atom is 0.0810 e. The Labute approximate surface area is 121 Å². The summed E-state index contributed by atoms with van der Waals surface area (Å²) in [6, 6.07) is 0. The second kappa shape index (κ2) is 5.10. The minimum Gasteiger partial charge on any atom is -0.388 e. The number of fused-ring (bicyclic) bond motifs is 1. The molecule has 0 aliphatic heterocycles. The average molecular weight is 279 g/mol. The lowest BCUT2D eigenvalue weighted by Crippen LogP contribution is -2.22. The van der Waals surface area contributed by atoms with Gasteiger partial charge in [-0.25, -0.2) is 0 Å². The van der Waals surface area contributed by atoms with E-state index in [1.165, 1.54) is 30.4 Å². The number of aliphatic hydroxyl groups excluding tert-OH is 1. The minimum absolute atomic E-state index is 0.225. The van der Waals surface area contributed by atoms with Crippen molar-refractivity contribution >= 4 is 11.6 Å². The Morgan fingerprint density at radius 1 is 1.21 bits per heavy atom. The first kappa shape index (κ1) is 13.5. The molecule has 0 spiro atoms. The van der Waals surface area contributed by atoms with Gasteiger partial charge in [-0.15, -0.1) is 11.6 Å². The molecule has 1 fully saturated rings. The summed E-state index contributed by atoms with van der Waals surface area (Å²) in [6.45, 7) is 4.13. The molecule has 1 saturated carbocycles. The van der Waals surface area contributed by atoms with E-state index in [1.54, 1.807) is 0 Å². The zero-order valence-electron chi connectivity index (χ0n) is 11.8. The van der Waals surface area contributed by atoms with Crippen molar-refractivity contribution < 1.29 is 5.11 Å². The number of rotatable bonds is 1. The Balaban J connectivity index is 1.84. The first-order valence-electron chi connectivity index (χ1n) is 7.49. The van der Waals surface area contributed by atoms with Crippen LogP contribution in [0.3, 0.4) is 0 Å². The van der Waals surface area contributed by atoms with Gasteiger partial charge in [0.05, 0.1) is 6.10 Å². The van der Waals surface area contributed by atoms with Crippen molar-refractivity contribution in [3.63, 3.8) is 0 Å². The van der Waals surface area contributed by atoms with Gasteiger partial charge in [0.2, 0.25) is 0 Å². The standard InChI is InChI=1S/C17H23ClO/c1-10-7-14(8-11(2)17(10)19)12-3-5-15-13(9-12)4-6-16(15)18/h7-10,13,15-17,19H,3-6H2,1-2H3. The van der Waals surface area contributed by atoms with Crippen molar-refractivity contribution in [1.82, 2.24) is 0 Å². The van der Waals surface area contributed by atoms with Gasteiger partial charge in [-0.1, -0.05) is 25.2 Å². The largest absolute Gasteiger partial charge is 0.388 e. The van der Waals surface area contributed by atoms with Crippen LogP contribution >= 0.6 is 11.6 Å². The van der Waals surface area contributed by atoms with Crippen LogP contribution in [0.4, 0.5) is 0 Å². The van der Waals surface area contributed by atoms with Crippen molar-refractivity contribution in [3.05, 3.63) is 34.9 Å². The molecule has 0 radical (unpaired) electrons. The van der Waals surface area contributed by atoms with E-state index < -0.39 is 0 Å². The van der Waals surface area contributed by atoms with Gasteiger partial charge in [-0.3, -0.25) is 0 Å². The summed E-state index contributed by atoms with van der Waals surface area (Å²) in [4.78, 5) is 0. The maximum atomic E-state index is 10.00. The van der Waals surface area contributed by atoms with E-state index in [4.69, 9.17) is 11.6 Å². The van der Waals surface area contributed by atoms with Gasteiger partial charge in [0.15, 0.2) is 0 Å². The van der Waals surface area contributed by atoms with E-state index in [2.05, 4.69) is 25.2 Å². The number of alkyl halides is 1. The Morgan fingerprint density at radius 3 is 2.74 bits per heavy atom. The molecule has 0 aromatic carbocycles. The zero-order valence-corrected chi connectivity index (χ0v) is 12.5. The lowest BCUT2D eigenvalue weighted by atomic mass is 9.78. The third-order valence-electron chi connectivity index (χ3n) is 5.11. The SMILES string of the molecule is CC1=CC(C2=CC3CCC(Cl)C3CC2)=CC(C)C1O. The van der Waals surface area contributed by atoms with E-state index in [1.807, 2.05) is 6.92 Å². The van der Waals surface area contributed by atoms with Crippen LogP contribution in [0.1, 0.15) is 39.5 Å². The molecule has 1 nitrogen and oxygen atoms in total. The molecule has 5 atom stereocenters. The van der Waals surface area contributed by atoms with Gasteiger partial charge in [0.25, 0.3) is 0 Å². The van der Waals surface area contributed by atoms with Crippen LogP contribution in [0.2, 0.25) is 0 Å². The van der Waals surface area contributed by atoms with E-state index in [-0.39, 0.29) is 12.0 Å². The fraction of sp³-hybridized carbons (Fsp3) is 0.647. The highest BCUT2D eigenvalue weighted by atomic mass is 35.5. The van der Waals surface area contributed by atoms with Gasteiger partial charge < -0.3 is 5.11 Å². The predicted molar refractivity (Wildman–Crippen MR) is 80.2 cm³/mol. The van der Waals surface area contributed by atoms with Crippen LogP contribution in [0.25, 0.3) is 0 Å². The van der Waals surface area contributed by atoms with E-state index in [9.17, 15) is 5.11 Å². The van der Waals surface area contributed by atoms with Crippen molar-refractivity contribution in [3.8, 4) is 0 Å². The highest BCUT2D eigenvalue weighted by Crippen LogP contribution is 2.45. The smallest absolute Gasteiger partial charge is 0.0810 e. The van der Waals surface area contributed by atoms with E-state index >= 15 is 0 Å². The minimum atomic E-state index is -0.306. The van der Waals surface area contributed by atoms with E-state index in [0.29, 0.717) is 17.2 Å². The molecule has 5 unspecified atom stereocenters. The van der Waals surface area contributed by atoms with Crippen LogP contribution in [0, 0.1) is 17.8 Å². The van der Waals surface area contributed by atoms with Gasteiger partial charge in [-0.05, 0) is 61.2 Å². The normalized spacial score (nSPS) is 42.3. The second-order valence-electron chi connectivity index (χ2n) is 6.47. The highest BCUT2D eigenvalue weighted by molar-refractivity contribution is 6.21. The topological polar surface area (TPSA) is 20.2 Å². The molecule has 3 rings (SSSR count). The molecule has 0 saturated heterocycles. The number of allylic oxidation sites excluding steroid dienone is 4. The highest BCUT2D eigenvalue weighted by Gasteiger charge is 2.36. The fourth-order valence-electron chi connectivity index (χ4n) is 3.92. The predicted octanol–water partition coefficient (Wildman–Crippen LogP) is 4.22. The quantitative estimate of drug-likeness (QED) is 0.712. The summed E-state index contributed by atoms with van der Waals surface area (Å²) >= 11 is 6.40. The van der Waals surface area contributed by atoms with Gasteiger partial charge in [0.1, 0.15) is 0 Å². The van der Waals surface area contributed by atoms with Crippen LogP contribution in [0.5, 0.6) is 0 Å². The summed E-state index contributed by atoms with van der Waals surface area (Å²) in [5, 5.41) is 10.4. The Hall–Kier alpha value is -0.530. The lowest BCUT2D eigenvalue weighted by molar-refractivity contribution is 0.171. The molecule has 19 heavy (non-hydrogen) atoms. The number of hydrogen-bond acceptors (Lipinski definition) is 1. The fourth-order valence-corrected chi connectivity index (χ4v) is 4.36. The van der Waals surface area contributed by atoms with Crippen molar-refractivity contribution in [2.24, 2.45) is 17.8 Å². The first-order valence-corrected chi connectivity index (χ1v) is 7.93. The number of aliphatic hydroxyl groups is 1. The van der Waals surface area contributed by atoms with E-state index in [0.717, 1.165) is 12.0 Å². The van der Waals surface area contributed by atoms with Crippen LogP contribution in [-0.2, 0) is 0 Å². The molecule has 104 valence electrons. The van der Waals surface area contributed by atoms with Crippen LogP contribution < -0.4 is 0 Å². The molecule has 0 heterocycles. The molecular formula is C17H23ClO. The third-order valence-corrected chi connectivity index (χ3v) is 5.66. The number of hydrogen-bond donors (Lipinski definition) is 1. The van der Waals surface area contributed by atoms with Crippen molar-refractivity contribution in [1.29, 1.82) is 0 Å². The maximum absolute atomic E-state index is 10.00. The van der Waals surface area contributed by atoms with Gasteiger partial charge in [-0.2, -0.15) is 0 Å². The molecule has 0 bridgehead atoms. The van der Waals surface area contributed by atoms with Crippen molar-refractivity contribution in [2.75, 3.05) is 0 Å². The molecule has 0 amide bonds. The summed E-state index contributed by atoms with van der Waals surface area (Å²) < 4.78 is 0. The number of halogens is 1. The van der Waals surface area contributed by atoms with Gasteiger partial charge in [0, 0.05) is 11.3 Å². The zero-order chi connectivity index (χ0) is 13.6. The molecule has 2 heteroatoms. The lowest BCUT2D eigenvalue weighted by Gasteiger charge is -2.29. The molecule has 0 aromatic heterocycles.